The van der Waals surface area contributed by atoms with Crippen LogP contribution >= 0.6 is 23.1 Å². The van der Waals surface area contributed by atoms with E-state index in [4.69, 9.17) is 0 Å². The first-order chi connectivity index (χ1) is 10.4. The van der Waals surface area contributed by atoms with Gasteiger partial charge in [0, 0.05) is 11.3 Å². The standard InChI is InChI=1S/C18H31NS2/c1-2-19-16-12-9-7-5-3-4-6-8-10-13-17(16)21-18-14-11-15-20-18/h11,14-17,19H,2-10,12-13H2,1H3. The van der Waals surface area contributed by atoms with Crippen LogP contribution < -0.4 is 5.32 Å². The van der Waals surface area contributed by atoms with E-state index < -0.39 is 0 Å². The zero-order chi connectivity index (χ0) is 14.8. The van der Waals surface area contributed by atoms with Gasteiger partial charge in [-0.1, -0.05) is 64.4 Å². The highest BCUT2D eigenvalue weighted by molar-refractivity contribution is 8.01. The fourth-order valence-corrected chi connectivity index (χ4v) is 5.62. The van der Waals surface area contributed by atoms with Crippen molar-refractivity contribution in [2.24, 2.45) is 0 Å². The zero-order valence-electron chi connectivity index (χ0n) is 13.5. The molecule has 3 heteroatoms. The van der Waals surface area contributed by atoms with Crippen LogP contribution in [0.15, 0.2) is 21.7 Å². The van der Waals surface area contributed by atoms with Gasteiger partial charge in [-0.25, -0.2) is 0 Å². The van der Waals surface area contributed by atoms with Crippen LogP contribution in [0, 0.1) is 0 Å². The largest absolute Gasteiger partial charge is 0.313 e. The van der Waals surface area contributed by atoms with Crippen LogP contribution in [0.4, 0.5) is 0 Å². The molecule has 1 nitrogen and oxygen atoms in total. The molecule has 0 spiro atoms. The SMILES string of the molecule is CCNC1CCCCCCCCCCC1Sc1cccs1. The maximum Gasteiger partial charge on any atom is 0.0601 e. The Balaban J connectivity index is 1.95. The molecule has 21 heavy (non-hydrogen) atoms. The molecule has 1 N–H and O–H groups in total. The molecule has 1 aliphatic rings. The summed E-state index contributed by atoms with van der Waals surface area (Å²) in [6, 6.07) is 5.17. The summed E-state index contributed by atoms with van der Waals surface area (Å²) in [4.78, 5) is 0. The molecule has 1 heterocycles. The lowest BCUT2D eigenvalue weighted by Gasteiger charge is -2.28. The van der Waals surface area contributed by atoms with Gasteiger partial charge in [-0.2, -0.15) is 0 Å². The number of hydrogen-bond acceptors (Lipinski definition) is 3. The van der Waals surface area contributed by atoms with Crippen LogP contribution in [0.2, 0.25) is 0 Å². The van der Waals surface area contributed by atoms with E-state index in [2.05, 4.69) is 41.5 Å². The Kier molecular flexibility index (Phi) is 8.84. The van der Waals surface area contributed by atoms with Crippen molar-refractivity contribution in [2.45, 2.75) is 86.6 Å². The summed E-state index contributed by atoms with van der Waals surface area (Å²) in [6.45, 7) is 3.36. The van der Waals surface area contributed by atoms with Gasteiger partial charge in [0.15, 0.2) is 0 Å². The van der Waals surface area contributed by atoms with Gasteiger partial charge >= 0.3 is 0 Å². The first kappa shape index (κ1) is 17.4. The Labute approximate surface area is 139 Å². The van der Waals surface area contributed by atoms with Crippen LogP contribution in [0.25, 0.3) is 0 Å². The van der Waals surface area contributed by atoms with Crippen LogP contribution in [0.1, 0.15) is 71.1 Å². The van der Waals surface area contributed by atoms with Crippen molar-refractivity contribution in [3.05, 3.63) is 17.5 Å². The molecule has 1 saturated carbocycles. The summed E-state index contributed by atoms with van der Waals surface area (Å²) < 4.78 is 1.50. The minimum Gasteiger partial charge on any atom is -0.313 e. The topological polar surface area (TPSA) is 12.0 Å². The van der Waals surface area contributed by atoms with Crippen LogP contribution in [0.3, 0.4) is 0 Å². The second kappa shape index (κ2) is 10.7. The van der Waals surface area contributed by atoms with E-state index in [0.717, 1.165) is 11.8 Å². The lowest BCUT2D eigenvalue weighted by atomic mass is 9.97. The predicted molar refractivity (Wildman–Crippen MR) is 97.6 cm³/mol. The van der Waals surface area contributed by atoms with Crippen molar-refractivity contribution in [1.82, 2.24) is 5.32 Å². The second-order valence-corrected chi connectivity index (χ2v) is 8.65. The normalized spacial score (nSPS) is 26.0. The van der Waals surface area contributed by atoms with Crippen molar-refractivity contribution in [2.75, 3.05) is 6.54 Å². The van der Waals surface area contributed by atoms with Crippen LogP contribution in [-0.2, 0) is 0 Å². The Bertz CT molecular complexity index is 350. The molecule has 1 fully saturated rings. The number of thioether (sulfide) groups is 1. The van der Waals surface area contributed by atoms with Crippen molar-refractivity contribution >= 4 is 23.1 Å². The van der Waals surface area contributed by atoms with Crippen molar-refractivity contribution in [1.29, 1.82) is 0 Å². The molecule has 0 bridgehead atoms. The minimum atomic E-state index is 0.696. The highest BCUT2D eigenvalue weighted by Gasteiger charge is 2.22. The Morgan fingerprint density at radius 1 is 1.05 bits per heavy atom. The number of hydrogen-bond donors (Lipinski definition) is 1. The molecule has 0 saturated heterocycles. The summed E-state index contributed by atoms with van der Waals surface area (Å²) in [7, 11) is 0. The zero-order valence-corrected chi connectivity index (χ0v) is 15.1. The summed E-state index contributed by atoms with van der Waals surface area (Å²) in [6.07, 6.45) is 14.2. The molecular weight excluding hydrogens is 294 g/mol. The molecule has 2 atom stereocenters. The molecule has 1 aromatic heterocycles. The van der Waals surface area contributed by atoms with Gasteiger partial charge in [-0.3, -0.25) is 0 Å². The minimum absolute atomic E-state index is 0.696. The summed E-state index contributed by atoms with van der Waals surface area (Å²) >= 11 is 4.03. The number of nitrogens with one attached hydrogen (secondary N) is 1. The monoisotopic (exact) mass is 325 g/mol. The molecule has 0 radical (unpaired) electrons. The smallest absolute Gasteiger partial charge is 0.0601 e. The van der Waals surface area contributed by atoms with E-state index in [-0.39, 0.29) is 0 Å². The molecule has 120 valence electrons. The molecule has 0 aliphatic heterocycles. The summed E-state index contributed by atoms with van der Waals surface area (Å²) in [5.74, 6) is 0. The lowest BCUT2D eigenvalue weighted by molar-refractivity contribution is 0.420. The summed E-state index contributed by atoms with van der Waals surface area (Å²) in [5.41, 5.74) is 0. The van der Waals surface area contributed by atoms with E-state index >= 15 is 0 Å². The molecule has 1 aromatic rings. The van der Waals surface area contributed by atoms with E-state index in [1.807, 2.05) is 11.3 Å². The van der Waals surface area contributed by atoms with Crippen LogP contribution in [-0.4, -0.2) is 17.8 Å². The Morgan fingerprint density at radius 3 is 2.33 bits per heavy atom. The Morgan fingerprint density at radius 2 is 1.71 bits per heavy atom. The van der Waals surface area contributed by atoms with Crippen molar-refractivity contribution in [3.8, 4) is 0 Å². The molecule has 2 unspecified atom stereocenters. The second-order valence-electron chi connectivity index (χ2n) is 6.16. The third kappa shape index (κ3) is 6.75. The average molecular weight is 326 g/mol. The Hall–Kier alpha value is 0.01000. The maximum atomic E-state index is 3.78. The fraction of sp³-hybridized carbons (Fsp3) is 0.778. The predicted octanol–water partition coefficient (Wildman–Crippen LogP) is 6.10. The first-order valence-electron chi connectivity index (χ1n) is 8.83. The molecule has 0 aromatic carbocycles. The maximum absolute atomic E-state index is 3.78. The highest BCUT2D eigenvalue weighted by Crippen LogP contribution is 2.34. The van der Waals surface area contributed by atoms with E-state index in [0.29, 0.717) is 6.04 Å². The van der Waals surface area contributed by atoms with E-state index in [1.165, 1.54) is 68.4 Å². The van der Waals surface area contributed by atoms with Gasteiger partial charge < -0.3 is 5.32 Å². The van der Waals surface area contributed by atoms with Crippen molar-refractivity contribution in [3.63, 3.8) is 0 Å². The van der Waals surface area contributed by atoms with Gasteiger partial charge in [0.2, 0.25) is 0 Å². The van der Waals surface area contributed by atoms with Crippen LogP contribution in [0.5, 0.6) is 0 Å². The van der Waals surface area contributed by atoms with Gasteiger partial charge in [-0.15, -0.1) is 23.1 Å². The lowest BCUT2D eigenvalue weighted by Crippen LogP contribution is -2.38. The summed E-state index contributed by atoms with van der Waals surface area (Å²) in [5, 5.41) is 6.74. The fourth-order valence-electron chi connectivity index (χ4n) is 3.27. The quantitative estimate of drug-likeness (QED) is 0.717. The van der Waals surface area contributed by atoms with Crippen molar-refractivity contribution < 1.29 is 0 Å². The number of thiophene rings is 1. The molecule has 0 amide bonds. The van der Waals surface area contributed by atoms with Gasteiger partial charge in [-0.05, 0) is 30.8 Å². The third-order valence-electron chi connectivity index (χ3n) is 4.43. The first-order valence-corrected chi connectivity index (χ1v) is 10.6. The highest BCUT2D eigenvalue weighted by atomic mass is 32.2. The average Bonchev–Trinajstić information content (AvgIpc) is 2.98. The molecule has 1 aliphatic carbocycles. The van der Waals surface area contributed by atoms with Gasteiger partial charge in [0.25, 0.3) is 0 Å². The third-order valence-corrected chi connectivity index (χ3v) is 6.91. The van der Waals surface area contributed by atoms with Gasteiger partial charge in [0.05, 0.1) is 4.21 Å². The molecular formula is C18H31NS2. The van der Waals surface area contributed by atoms with E-state index in [9.17, 15) is 0 Å². The van der Waals surface area contributed by atoms with Gasteiger partial charge in [0.1, 0.15) is 0 Å². The van der Waals surface area contributed by atoms with E-state index in [1.54, 1.807) is 0 Å². The number of rotatable bonds is 4. The molecule has 2 rings (SSSR count).